The van der Waals surface area contributed by atoms with Gasteiger partial charge in [-0.05, 0) is 32.3 Å². The molecule has 128 valence electrons. The molecule has 23 heavy (non-hydrogen) atoms. The molecule has 1 saturated heterocycles. The molecule has 1 amide bonds. The fourth-order valence-corrected chi connectivity index (χ4v) is 2.56. The Morgan fingerprint density at radius 3 is 2.65 bits per heavy atom. The standard InChI is InChI=1S/C17H26N4O.HI/c1-3-18-17(19-12-15-8-6-7-14(2)11-15)20-13-16(22)21-9-4-5-10-21;/h6-8,11H,3-5,9-10,12-13H2,1-2H3,(H2,18,19,20);1H. The number of likely N-dealkylation sites (tertiary alicyclic amines) is 1. The van der Waals surface area contributed by atoms with Gasteiger partial charge in [-0.1, -0.05) is 29.8 Å². The van der Waals surface area contributed by atoms with Gasteiger partial charge < -0.3 is 15.5 Å². The molecule has 2 N–H and O–H groups in total. The number of hydrogen-bond acceptors (Lipinski definition) is 2. The molecule has 1 fully saturated rings. The van der Waals surface area contributed by atoms with E-state index in [4.69, 9.17) is 0 Å². The first-order valence-electron chi connectivity index (χ1n) is 8.04. The summed E-state index contributed by atoms with van der Waals surface area (Å²) in [6.07, 6.45) is 2.24. The van der Waals surface area contributed by atoms with E-state index in [2.05, 4.69) is 40.7 Å². The SMILES string of the molecule is CCNC(=NCc1cccc(C)c1)NCC(=O)N1CCCC1.I. The zero-order chi connectivity index (χ0) is 15.8. The molecule has 0 saturated carbocycles. The molecular weight excluding hydrogens is 403 g/mol. The zero-order valence-corrected chi connectivity index (χ0v) is 16.3. The Bertz CT molecular complexity index is 527. The highest BCUT2D eigenvalue weighted by Gasteiger charge is 2.17. The van der Waals surface area contributed by atoms with E-state index in [0.29, 0.717) is 19.0 Å². The molecule has 0 atom stereocenters. The van der Waals surface area contributed by atoms with E-state index in [1.54, 1.807) is 0 Å². The minimum absolute atomic E-state index is 0. The van der Waals surface area contributed by atoms with E-state index in [9.17, 15) is 4.79 Å². The summed E-state index contributed by atoms with van der Waals surface area (Å²) in [5, 5.41) is 6.31. The second-order valence-electron chi connectivity index (χ2n) is 5.63. The summed E-state index contributed by atoms with van der Waals surface area (Å²) in [7, 11) is 0. The fourth-order valence-electron chi connectivity index (χ4n) is 2.56. The number of nitrogens with one attached hydrogen (secondary N) is 2. The Morgan fingerprint density at radius 2 is 2.00 bits per heavy atom. The Kier molecular flexibility index (Phi) is 8.98. The van der Waals surface area contributed by atoms with E-state index in [1.807, 2.05) is 17.9 Å². The van der Waals surface area contributed by atoms with Crippen molar-refractivity contribution in [2.75, 3.05) is 26.2 Å². The van der Waals surface area contributed by atoms with Crippen LogP contribution in [0.25, 0.3) is 0 Å². The lowest BCUT2D eigenvalue weighted by molar-refractivity contribution is -0.128. The number of hydrogen-bond donors (Lipinski definition) is 2. The number of carbonyl (C=O) groups excluding carboxylic acids is 1. The first kappa shape index (κ1) is 19.7. The van der Waals surface area contributed by atoms with E-state index in [-0.39, 0.29) is 29.9 Å². The number of benzene rings is 1. The Hall–Kier alpha value is -1.31. The van der Waals surface area contributed by atoms with Crippen molar-refractivity contribution in [3.8, 4) is 0 Å². The van der Waals surface area contributed by atoms with Gasteiger partial charge in [0.05, 0.1) is 13.1 Å². The molecule has 0 bridgehead atoms. The van der Waals surface area contributed by atoms with Gasteiger partial charge in [0.25, 0.3) is 0 Å². The van der Waals surface area contributed by atoms with Gasteiger partial charge >= 0.3 is 0 Å². The second kappa shape index (κ2) is 10.5. The van der Waals surface area contributed by atoms with Crippen LogP contribution in [-0.2, 0) is 11.3 Å². The van der Waals surface area contributed by atoms with Gasteiger partial charge in [-0.2, -0.15) is 0 Å². The third-order valence-electron chi connectivity index (χ3n) is 3.71. The molecule has 1 aromatic carbocycles. The van der Waals surface area contributed by atoms with Crippen LogP contribution < -0.4 is 10.6 Å². The first-order chi connectivity index (χ1) is 10.7. The highest BCUT2D eigenvalue weighted by Crippen LogP contribution is 2.07. The number of aliphatic imine (C=N–C) groups is 1. The minimum Gasteiger partial charge on any atom is -0.357 e. The van der Waals surface area contributed by atoms with Crippen molar-refractivity contribution >= 4 is 35.8 Å². The lowest BCUT2D eigenvalue weighted by Gasteiger charge is -2.17. The third kappa shape index (κ3) is 6.76. The monoisotopic (exact) mass is 430 g/mol. The molecule has 2 rings (SSSR count). The molecular formula is C17H27IN4O. The number of carbonyl (C=O) groups is 1. The van der Waals surface area contributed by atoms with E-state index in [0.717, 1.165) is 32.5 Å². The molecule has 0 radical (unpaired) electrons. The summed E-state index contributed by atoms with van der Waals surface area (Å²) in [6, 6.07) is 8.31. The van der Waals surface area contributed by atoms with Gasteiger partial charge in [0, 0.05) is 19.6 Å². The lowest BCUT2D eigenvalue weighted by Crippen LogP contribution is -2.44. The molecule has 1 aliphatic heterocycles. The highest BCUT2D eigenvalue weighted by atomic mass is 127. The zero-order valence-electron chi connectivity index (χ0n) is 14.0. The molecule has 1 heterocycles. The summed E-state index contributed by atoms with van der Waals surface area (Å²) in [5.74, 6) is 0.843. The number of aryl methyl sites for hydroxylation is 1. The summed E-state index contributed by atoms with van der Waals surface area (Å²) < 4.78 is 0. The van der Waals surface area contributed by atoms with Crippen molar-refractivity contribution in [3.63, 3.8) is 0 Å². The van der Waals surface area contributed by atoms with Crippen LogP contribution in [0.2, 0.25) is 0 Å². The summed E-state index contributed by atoms with van der Waals surface area (Å²) in [5.41, 5.74) is 2.40. The number of amides is 1. The molecule has 1 aliphatic rings. The van der Waals surface area contributed by atoms with Crippen LogP contribution in [0.4, 0.5) is 0 Å². The minimum atomic E-state index is 0. The van der Waals surface area contributed by atoms with Crippen molar-refractivity contribution in [3.05, 3.63) is 35.4 Å². The van der Waals surface area contributed by atoms with E-state index < -0.39 is 0 Å². The largest absolute Gasteiger partial charge is 0.357 e. The van der Waals surface area contributed by atoms with Crippen LogP contribution in [0.5, 0.6) is 0 Å². The average Bonchev–Trinajstić information content (AvgIpc) is 3.04. The van der Waals surface area contributed by atoms with E-state index >= 15 is 0 Å². The average molecular weight is 430 g/mol. The molecule has 0 unspecified atom stereocenters. The normalized spacial score (nSPS) is 14.3. The topological polar surface area (TPSA) is 56.7 Å². The van der Waals surface area contributed by atoms with Crippen molar-refractivity contribution in [1.29, 1.82) is 0 Å². The molecule has 6 heteroatoms. The van der Waals surface area contributed by atoms with Crippen LogP contribution in [0.3, 0.4) is 0 Å². The van der Waals surface area contributed by atoms with Crippen molar-refractivity contribution in [2.45, 2.75) is 33.2 Å². The molecule has 0 aliphatic carbocycles. The predicted molar refractivity (Wildman–Crippen MR) is 105 cm³/mol. The third-order valence-corrected chi connectivity index (χ3v) is 3.71. The van der Waals surface area contributed by atoms with E-state index in [1.165, 1.54) is 11.1 Å². The van der Waals surface area contributed by atoms with Gasteiger partial charge in [0.15, 0.2) is 5.96 Å². The van der Waals surface area contributed by atoms with Crippen molar-refractivity contribution < 1.29 is 4.79 Å². The second-order valence-corrected chi connectivity index (χ2v) is 5.63. The fraction of sp³-hybridized carbons (Fsp3) is 0.529. The highest BCUT2D eigenvalue weighted by molar-refractivity contribution is 14.0. The summed E-state index contributed by atoms with van der Waals surface area (Å²) in [6.45, 7) is 7.55. The van der Waals surface area contributed by atoms with Gasteiger partial charge in [-0.25, -0.2) is 4.99 Å². The smallest absolute Gasteiger partial charge is 0.241 e. The van der Waals surface area contributed by atoms with Crippen LogP contribution in [0.1, 0.15) is 30.9 Å². The summed E-state index contributed by atoms with van der Waals surface area (Å²) in [4.78, 5) is 18.5. The molecule has 0 aromatic heterocycles. The van der Waals surface area contributed by atoms with Crippen LogP contribution in [0, 0.1) is 6.92 Å². The molecule has 5 nitrogen and oxygen atoms in total. The first-order valence-corrected chi connectivity index (χ1v) is 8.04. The maximum absolute atomic E-state index is 12.1. The Labute approximate surface area is 156 Å². The number of guanidine groups is 1. The van der Waals surface area contributed by atoms with Gasteiger partial charge in [0.2, 0.25) is 5.91 Å². The number of halogens is 1. The van der Waals surface area contributed by atoms with Crippen LogP contribution in [0.15, 0.2) is 29.3 Å². The van der Waals surface area contributed by atoms with Crippen LogP contribution in [-0.4, -0.2) is 42.9 Å². The molecule has 0 spiro atoms. The number of nitrogens with zero attached hydrogens (tertiary/aromatic N) is 2. The van der Waals surface area contributed by atoms with Crippen molar-refractivity contribution in [2.24, 2.45) is 4.99 Å². The van der Waals surface area contributed by atoms with Gasteiger partial charge in [-0.3, -0.25) is 4.79 Å². The van der Waals surface area contributed by atoms with Gasteiger partial charge in [-0.15, -0.1) is 24.0 Å². The Balaban J connectivity index is 0.00000264. The van der Waals surface area contributed by atoms with Crippen LogP contribution >= 0.6 is 24.0 Å². The lowest BCUT2D eigenvalue weighted by atomic mass is 10.1. The molecule has 1 aromatic rings. The maximum atomic E-state index is 12.1. The van der Waals surface area contributed by atoms with Crippen molar-refractivity contribution in [1.82, 2.24) is 15.5 Å². The quantitative estimate of drug-likeness (QED) is 0.428. The van der Waals surface area contributed by atoms with Gasteiger partial charge in [0.1, 0.15) is 0 Å². The predicted octanol–water partition coefficient (Wildman–Crippen LogP) is 2.29. The summed E-state index contributed by atoms with van der Waals surface area (Å²) >= 11 is 0. The maximum Gasteiger partial charge on any atom is 0.241 e. The Morgan fingerprint density at radius 1 is 1.26 bits per heavy atom. The number of rotatable bonds is 5.